The highest BCUT2D eigenvalue weighted by Crippen LogP contribution is 2.08. The van der Waals surface area contributed by atoms with E-state index >= 15 is 0 Å². The van der Waals surface area contributed by atoms with E-state index in [1.807, 2.05) is 12.1 Å². The third-order valence-corrected chi connectivity index (χ3v) is 2.87. The Kier molecular flexibility index (Phi) is 6.09. The van der Waals surface area contributed by atoms with Crippen molar-refractivity contribution in [3.63, 3.8) is 0 Å². The van der Waals surface area contributed by atoms with Crippen LogP contribution in [0.3, 0.4) is 0 Å². The summed E-state index contributed by atoms with van der Waals surface area (Å²) in [4.78, 5) is 0. The lowest BCUT2D eigenvalue weighted by Crippen LogP contribution is -2.29. The minimum Gasteiger partial charge on any atom is -0.314 e. The molecule has 1 aromatic rings. The second kappa shape index (κ2) is 7.39. The maximum atomic E-state index is 12.7. The molecule has 0 heterocycles. The van der Waals surface area contributed by atoms with Crippen molar-refractivity contribution in [1.29, 1.82) is 0 Å². The molecule has 90 valence electrons. The van der Waals surface area contributed by atoms with Gasteiger partial charge in [0.2, 0.25) is 0 Å². The molecule has 1 nitrogen and oxygen atoms in total. The number of halogens is 1. The van der Waals surface area contributed by atoms with Crippen molar-refractivity contribution >= 4 is 0 Å². The minimum absolute atomic E-state index is 0.153. The summed E-state index contributed by atoms with van der Waals surface area (Å²) < 4.78 is 12.7. The van der Waals surface area contributed by atoms with Crippen LogP contribution in [0.5, 0.6) is 0 Å². The van der Waals surface area contributed by atoms with Crippen LogP contribution in [0.15, 0.2) is 24.3 Å². The first kappa shape index (κ1) is 13.2. The Labute approximate surface area is 98.1 Å². The predicted molar refractivity (Wildman–Crippen MR) is 67.1 cm³/mol. The zero-order chi connectivity index (χ0) is 11.8. The highest BCUT2D eigenvalue weighted by Gasteiger charge is 2.04. The van der Waals surface area contributed by atoms with Gasteiger partial charge in [-0.05, 0) is 49.9 Å². The Morgan fingerprint density at radius 1 is 1.19 bits per heavy atom. The molecule has 0 aromatic heterocycles. The van der Waals surface area contributed by atoms with Crippen LogP contribution in [-0.2, 0) is 6.42 Å². The van der Waals surface area contributed by atoms with Gasteiger partial charge in [0.25, 0.3) is 0 Å². The monoisotopic (exact) mass is 223 g/mol. The van der Waals surface area contributed by atoms with E-state index in [1.54, 1.807) is 0 Å². The molecule has 16 heavy (non-hydrogen) atoms. The molecule has 0 saturated heterocycles. The first-order chi connectivity index (χ1) is 7.76. The van der Waals surface area contributed by atoms with Crippen molar-refractivity contribution in [1.82, 2.24) is 5.32 Å². The van der Waals surface area contributed by atoms with Gasteiger partial charge in [0.15, 0.2) is 0 Å². The van der Waals surface area contributed by atoms with Crippen LogP contribution in [0.4, 0.5) is 4.39 Å². The van der Waals surface area contributed by atoms with E-state index in [0.717, 1.165) is 25.8 Å². The van der Waals surface area contributed by atoms with Crippen LogP contribution in [0, 0.1) is 5.82 Å². The van der Waals surface area contributed by atoms with Crippen molar-refractivity contribution in [3.8, 4) is 0 Å². The smallest absolute Gasteiger partial charge is 0.123 e. The molecule has 0 fully saturated rings. The average Bonchev–Trinajstić information content (AvgIpc) is 2.32. The molecule has 1 rings (SSSR count). The molecule has 0 aliphatic rings. The molecule has 0 aliphatic carbocycles. The van der Waals surface area contributed by atoms with Gasteiger partial charge >= 0.3 is 0 Å². The summed E-state index contributed by atoms with van der Waals surface area (Å²) in [5.41, 5.74) is 1.22. The van der Waals surface area contributed by atoms with E-state index in [-0.39, 0.29) is 5.82 Å². The molecule has 2 heteroatoms. The summed E-state index contributed by atoms with van der Waals surface area (Å²) in [5, 5.41) is 3.53. The van der Waals surface area contributed by atoms with E-state index in [0.29, 0.717) is 6.04 Å². The lowest BCUT2D eigenvalue weighted by molar-refractivity contribution is 0.468. The summed E-state index contributed by atoms with van der Waals surface area (Å²) in [6.45, 7) is 5.47. The van der Waals surface area contributed by atoms with Gasteiger partial charge in [-0.15, -0.1) is 0 Å². The van der Waals surface area contributed by atoms with Gasteiger partial charge < -0.3 is 5.32 Å². The number of hydrogen-bond acceptors (Lipinski definition) is 1. The SMILES string of the molecule is CCCNC(CC)CCc1ccc(F)cc1. The number of nitrogens with one attached hydrogen (secondary N) is 1. The molecule has 0 bridgehead atoms. The maximum absolute atomic E-state index is 12.7. The third-order valence-electron chi connectivity index (χ3n) is 2.87. The van der Waals surface area contributed by atoms with Gasteiger partial charge in [-0.25, -0.2) is 4.39 Å². The molecular formula is C14H22FN. The highest BCUT2D eigenvalue weighted by atomic mass is 19.1. The van der Waals surface area contributed by atoms with Crippen LogP contribution in [-0.4, -0.2) is 12.6 Å². The normalized spacial score (nSPS) is 12.7. The Morgan fingerprint density at radius 3 is 2.44 bits per heavy atom. The Hall–Kier alpha value is -0.890. The van der Waals surface area contributed by atoms with Gasteiger partial charge in [-0.2, -0.15) is 0 Å². The molecule has 0 saturated carbocycles. The predicted octanol–water partition coefficient (Wildman–Crippen LogP) is 3.54. The van der Waals surface area contributed by atoms with Crippen molar-refractivity contribution in [2.45, 2.75) is 45.6 Å². The number of aryl methyl sites for hydroxylation is 1. The molecule has 1 aromatic carbocycles. The highest BCUT2D eigenvalue weighted by molar-refractivity contribution is 5.16. The zero-order valence-corrected chi connectivity index (χ0v) is 10.3. The van der Waals surface area contributed by atoms with Crippen LogP contribution in [0.25, 0.3) is 0 Å². The second-order valence-electron chi connectivity index (χ2n) is 4.22. The minimum atomic E-state index is -0.153. The molecule has 1 N–H and O–H groups in total. The summed E-state index contributed by atoms with van der Waals surface area (Å²) in [7, 11) is 0. The lowest BCUT2D eigenvalue weighted by Gasteiger charge is -2.16. The lowest BCUT2D eigenvalue weighted by atomic mass is 10.0. The Morgan fingerprint density at radius 2 is 1.88 bits per heavy atom. The molecule has 1 atom stereocenters. The van der Waals surface area contributed by atoms with Gasteiger partial charge in [0.1, 0.15) is 5.82 Å². The van der Waals surface area contributed by atoms with E-state index in [9.17, 15) is 4.39 Å². The summed E-state index contributed by atoms with van der Waals surface area (Å²) in [6, 6.07) is 7.42. The fourth-order valence-corrected chi connectivity index (χ4v) is 1.79. The van der Waals surface area contributed by atoms with Gasteiger partial charge in [-0.3, -0.25) is 0 Å². The zero-order valence-electron chi connectivity index (χ0n) is 10.3. The van der Waals surface area contributed by atoms with Gasteiger partial charge in [0, 0.05) is 6.04 Å². The summed E-state index contributed by atoms with van der Waals surface area (Å²) in [6.07, 6.45) is 4.48. The molecule has 0 spiro atoms. The van der Waals surface area contributed by atoms with Crippen molar-refractivity contribution in [2.24, 2.45) is 0 Å². The molecule has 0 radical (unpaired) electrons. The fraction of sp³-hybridized carbons (Fsp3) is 0.571. The number of hydrogen-bond donors (Lipinski definition) is 1. The topological polar surface area (TPSA) is 12.0 Å². The van der Waals surface area contributed by atoms with Crippen molar-refractivity contribution in [2.75, 3.05) is 6.54 Å². The number of benzene rings is 1. The van der Waals surface area contributed by atoms with E-state index in [4.69, 9.17) is 0 Å². The van der Waals surface area contributed by atoms with E-state index < -0.39 is 0 Å². The standard InChI is InChI=1S/C14H22FN/c1-3-11-16-14(4-2)10-7-12-5-8-13(15)9-6-12/h5-6,8-9,14,16H,3-4,7,10-11H2,1-2H3. The fourth-order valence-electron chi connectivity index (χ4n) is 1.79. The van der Waals surface area contributed by atoms with Crippen LogP contribution >= 0.6 is 0 Å². The first-order valence-corrected chi connectivity index (χ1v) is 6.24. The van der Waals surface area contributed by atoms with Crippen molar-refractivity contribution < 1.29 is 4.39 Å². The van der Waals surface area contributed by atoms with Crippen molar-refractivity contribution in [3.05, 3.63) is 35.6 Å². The van der Waals surface area contributed by atoms with E-state index in [2.05, 4.69) is 19.2 Å². The Bertz CT molecular complexity index is 281. The first-order valence-electron chi connectivity index (χ1n) is 6.24. The molecule has 1 unspecified atom stereocenters. The van der Waals surface area contributed by atoms with Crippen LogP contribution in [0.2, 0.25) is 0 Å². The van der Waals surface area contributed by atoms with Gasteiger partial charge in [-0.1, -0.05) is 26.0 Å². The second-order valence-corrected chi connectivity index (χ2v) is 4.22. The number of rotatable bonds is 7. The molecular weight excluding hydrogens is 201 g/mol. The van der Waals surface area contributed by atoms with Gasteiger partial charge in [0.05, 0.1) is 0 Å². The van der Waals surface area contributed by atoms with E-state index in [1.165, 1.54) is 24.1 Å². The largest absolute Gasteiger partial charge is 0.314 e. The maximum Gasteiger partial charge on any atom is 0.123 e. The third kappa shape index (κ3) is 4.75. The van der Waals surface area contributed by atoms with Crippen LogP contribution < -0.4 is 5.32 Å². The Balaban J connectivity index is 2.34. The molecule has 0 amide bonds. The molecule has 0 aliphatic heterocycles. The van der Waals surface area contributed by atoms with Crippen LogP contribution in [0.1, 0.15) is 38.7 Å². The summed E-state index contributed by atoms with van der Waals surface area (Å²) in [5.74, 6) is -0.153. The quantitative estimate of drug-likeness (QED) is 0.745. The average molecular weight is 223 g/mol. The summed E-state index contributed by atoms with van der Waals surface area (Å²) >= 11 is 0.